The van der Waals surface area contributed by atoms with E-state index in [-0.39, 0.29) is 59.9 Å². The van der Waals surface area contributed by atoms with Crippen LogP contribution in [0.2, 0.25) is 0 Å². The molecule has 1 aliphatic heterocycles. The molecule has 9 atom stereocenters. The smallest absolute Gasteiger partial charge is 0.245 e. The first kappa shape index (κ1) is 51.2. The Bertz CT molecular complexity index is 1640. The van der Waals surface area contributed by atoms with Gasteiger partial charge in [-0.2, -0.15) is 0 Å². The first-order chi connectivity index (χ1) is 28.9. The predicted molar refractivity (Wildman–Crippen MR) is 241 cm³/mol. The molecule has 1 aromatic carbocycles. The largest absolute Gasteiger partial charge is 0.399 e. The Morgan fingerprint density at radius 3 is 2.15 bits per heavy atom. The normalized spacial score (nSPS) is 18.3. The number of rotatable bonds is 25. The monoisotopic (exact) mass is 852 g/mol. The minimum atomic E-state index is -0.762. The van der Waals surface area contributed by atoms with E-state index >= 15 is 0 Å². The molecule has 0 saturated carbocycles. The van der Waals surface area contributed by atoms with Gasteiger partial charge in [-0.25, -0.2) is 0 Å². The number of anilines is 1. The fraction of sp³-hybridized carbons (Fsp3) is 0.674. The molecular weight excluding hydrogens is 775 g/mol. The molecule has 0 spiro atoms. The fourth-order valence-electron chi connectivity index (χ4n) is 8.68. The van der Waals surface area contributed by atoms with E-state index < -0.39 is 36.3 Å². The summed E-state index contributed by atoms with van der Waals surface area (Å²) in [5.74, 6) is -1.47. The number of benzene rings is 1. The zero-order valence-corrected chi connectivity index (χ0v) is 38.9. The van der Waals surface area contributed by atoms with Crippen LogP contribution in [0.1, 0.15) is 85.4 Å². The molecule has 61 heavy (non-hydrogen) atoms. The molecule has 0 aliphatic carbocycles. The Morgan fingerprint density at radius 1 is 0.902 bits per heavy atom. The van der Waals surface area contributed by atoms with Crippen LogP contribution in [0.5, 0.6) is 0 Å². The lowest BCUT2D eigenvalue weighted by atomic mass is 9.89. The van der Waals surface area contributed by atoms with E-state index in [2.05, 4.69) is 40.3 Å². The summed E-state index contributed by atoms with van der Waals surface area (Å²) in [7, 11) is 8.64. The zero-order valence-electron chi connectivity index (χ0n) is 38.9. The van der Waals surface area contributed by atoms with E-state index in [0.717, 1.165) is 24.1 Å². The van der Waals surface area contributed by atoms with Crippen LogP contribution >= 0.6 is 0 Å². The molecule has 1 fully saturated rings. The van der Waals surface area contributed by atoms with Crippen molar-refractivity contribution in [2.45, 2.75) is 130 Å². The number of hydrogen-bond acceptors (Lipinski definition) is 11. The van der Waals surface area contributed by atoms with Crippen molar-refractivity contribution in [3.63, 3.8) is 0 Å². The van der Waals surface area contributed by atoms with Gasteiger partial charge in [0.05, 0.1) is 42.7 Å². The number of pyridine rings is 1. The molecule has 1 aliphatic rings. The molecule has 0 radical (unpaired) electrons. The molecular formula is C46H77N9O6. The standard InChI is InChI=1S/C46H77N9O6/c1-13-31(6)42(54(10)46(59)40(29(2)3)52-45(58)41(30(4)5)53(8)9)38(60-11)26-39(56)55-24-16-18-37(55)43(61-12)32(7)44(57)51-36(25-35-17-14-15-23-48-35)28-50-49-27-33-19-21-34(47)22-20-33/h14-15,17,19-23,29-32,36-38,40-43,49-50H,13,16,18,24-28,47H2,1-12H3,(H,51,57)(H,52,58)/t31-,32+,36-,37-,38+,40-,41-,42-,43+/m0/s1. The first-order valence-corrected chi connectivity index (χ1v) is 22.0. The highest BCUT2D eigenvalue weighted by atomic mass is 16.5. The van der Waals surface area contributed by atoms with Crippen molar-refractivity contribution in [2.75, 3.05) is 54.2 Å². The Morgan fingerprint density at radius 2 is 1.59 bits per heavy atom. The number of likely N-dealkylation sites (N-methyl/N-ethyl adjacent to an activating group) is 2. The summed E-state index contributed by atoms with van der Waals surface area (Å²) >= 11 is 0. The van der Waals surface area contributed by atoms with Crippen molar-refractivity contribution >= 4 is 29.3 Å². The minimum absolute atomic E-state index is 0.0216. The number of amides is 4. The molecule has 3 rings (SSSR count). The first-order valence-electron chi connectivity index (χ1n) is 22.0. The molecule has 1 aromatic heterocycles. The predicted octanol–water partition coefficient (Wildman–Crippen LogP) is 3.63. The van der Waals surface area contributed by atoms with Crippen LogP contribution in [0.25, 0.3) is 0 Å². The van der Waals surface area contributed by atoms with Crippen LogP contribution in [0.3, 0.4) is 0 Å². The molecule has 6 N–H and O–H groups in total. The molecule has 0 bridgehead atoms. The van der Waals surface area contributed by atoms with Gasteiger partial charge < -0.3 is 35.6 Å². The van der Waals surface area contributed by atoms with Gasteiger partial charge in [0.15, 0.2) is 0 Å². The van der Waals surface area contributed by atoms with Crippen LogP contribution in [0.4, 0.5) is 5.69 Å². The van der Waals surface area contributed by atoms with Gasteiger partial charge in [-0.1, -0.05) is 73.1 Å². The molecule has 4 amide bonds. The van der Waals surface area contributed by atoms with Gasteiger partial charge in [-0.3, -0.25) is 39.9 Å². The number of likely N-dealkylation sites (tertiary alicyclic amines) is 1. The van der Waals surface area contributed by atoms with Gasteiger partial charge in [0, 0.05) is 70.9 Å². The lowest BCUT2D eigenvalue weighted by Gasteiger charge is -2.41. The highest BCUT2D eigenvalue weighted by molar-refractivity contribution is 5.90. The quantitative estimate of drug-likeness (QED) is 0.0559. The number of carbonyl (C=O) groups is 4. The van der Waals surface area contributed by atoms with Crippen molar-refractivity contribution in [1.29, 1.82) is 0 Å². The average Bonchev–Trinajstić information content (AvgIpc) is 3.71. The lowest BCUT2D eigenvalue weighted by Crippen LogP contribution is -2.59. The Balaban J connectivity index is 1.75. The van der Waals surface area contributed by atoms with Gasteiger partial charge in [0.1, 0.15) is 6.04 Å². The summed E-state index contributed by atoms with van der Waals surface area (Å²) in [6.07, 6.45) is 3.28. The van der Waals surface area contributed by atoms with Crippen molar-refractivity contribution in [2.24, 2.45) is 23.7 Å². The number of nitrogen functional groups attached to an aromatic ring is 1. The maximum absolute atomic E-state index is 14.4. The Kier molecular flexibility index (Phi) is 21.1. The number of hydrazine groups is 1. The van der Waals surface area contributed by atoms with Crippen molar-refractivity contribution in [3.8, 4) is 0 Å². The molecule has 342 valence electrons. The van der Waals surface area contributed by atoms with E-state index in [0.29, 0.717) is 38.2 Å². The van der Waals surface area contributed by atoms with Crippen LogP contribution in [0, 0.1) is 23.7 Å². The summed E-state index contributed by atoms with van der Waals surface area (Å²) in [5.41, 5.74) is 14.9. The third-order valence-corrected chi connectivity index (χ3v) is 12.2. The van der Waals surface area contributed by atoms with Crippen molar-refractivity contribution in [1.82, 2.24) is 41.2 Å². The minimum Gasteiger partial charge on any atom is -0.399 e. The maximum Gasteiger partial charge on any atom is 0.245 e. The van der Waals surface area contributed by atoms with Crippen molar-refractivity contribution in [3.05, 3.63) is 59.9 Å². The third kappa shape index (κ3) is 14.7. The van der Waals surface area contributed by atoms with Crippen LogP contribution in [0.15, 0.2) is 48.7 Å². The number of hydrogen-bond donors (Lipinski definition) is 5. The summed E-state index contributed by atoms with van der Waals surface area (Å²) in [6.45, 7) is 15.3. The summed E-state index contributed by atoms with van der Waals surface area (Å²) < 4.78 is 12.1. The summed E-state index contributed by atoms with van der Waals surface area (Å²) in [5, 5.41) is 6.28. The molecule has 15 nitrogen and oxygen atoms in total. The molecule has 15 heteroatoms. The zero-order chi connectivity index (χ0) is 45.4. The Labute approximate surface area is 365 Å². The summed E-state index contributed by atoms with van der Waals surface area (Å²) in [4.78, 5) is 66.1. The fourth-order valence-corrected chi connectivity index (χ4v) is 8.68. The molecule has 0 unspecified atom stereocenters. The number of carbonyl (C=O) groups excluding carboxylic acids is 4. The highest BCUT2D eigenvalue weighted by Gasteiger charge is 2.43. The van der Waals surface area contributed by atoms with Gasteiger partial charge >= 0.3 is 0 Å². The van der Waals surface area contributed by atoms with Crippen LogP contribution < -0.4 is 27.2 Å². The van der Waals surface area contributed by atoms with Gasteiger partial charge in [-0.05, 0) is 74.5 Å². The van der Waals surface area contributed by atoms with Crippen molar-refractivity contribution < 1.29 is 28.7 Å². The summed E-state index contributed by atoms with van der Waals surface area (Å²) in [6, 6.07) is 11.1. The number of nitrogens with one attached hydrogen (secondary N) is 4. The Hall–Kier alpha value is -4.15. The third-order valence-electron chi connectivity index (χ3n) is 12.2. The van der Waals surface area contributed by atoms with E-state index in [1.807, 2.05) is 101 Å². The number of ether oxygens (including phenoxy) is 2. The highest BCUT2D eigenvalue weighted by Crippen LogP contribution is 2.30. The SMILES string of the molecule is CC[C@H](C)[C@@H]([C@@H](CC(=O)N1CCC[C@H]1[C@H](OC)[C@@H](C)C(=O)N[C@H](CNNCc1ccc(N)cc1)Cc1ccccn1)OC)N(C)C(=O)[C@@H](NC(=O)[C@H](C(C)C)N(C)C)C(C)C. The number of nitrogens with two attached hydrogens (primary N) is 1. The lowest BCUT2D eigenvalue weighted by molar-refractivity contribution is -0.148. The van der Waals surface area contributed by atoms with E-state index in [1.54, 1.807) is 32.4 Å². The second kappa shape index (κ2) is 25.1. The number of methoxy groups -OCH3 is 2. The van der Waals surface area contributed by atoms with E-state index in [4.69, 9.17) is 15.2 Å². The van der Waals surface area contributed by atoms with Gasteiger partial charge in [0.2, 0.25) is 23.6 Å². The topological polar surface area (TPSA) is 183 Å². The van der Waals surface area contributed by atoms with Crippen LogP contribution in [-0.4, -0.2) is 134 Å². The maximum atomic E-state index is 14.4. The molecule has 2 aromatic rings. The number of aromatic nitrogens is 1. The second-order valence-corrected chi connectivity index (χ2v) is 17.7. The van der Waals surface area contributed by atoms with E-state index in [1.165, 1.54) is 0 Å². The van der Waals surface area contributed by atoms with E-state index in [9.17, 15) is 19.2 Å². The van der Waals surface area contributed by atoms with Gasteiger partial charge in [0.25, 0.3) is 0 Å². The number of nitrogens with zero attached hydrogens (tertiary/aromatic N) is 4. The average molecular weight is 852 g/mol. The molecule has 1 saturated heterocycles. The van der Waals surface area contributed by atoms with Gasteiger partial charge in [-0.15, -0.1) is 0 Å². The second-order valence-electron chi connectivity index (χ2n) is 17.7. The van der Waals surface area contributed by atoms with Crippen LogP contribution in [-0.2, 0) is 41.6 Å². The molecule has 2 heterocycles.